The first kappa shape index (κ1) is 22.3. The number of fused-ring (bicyclic) bond motifs is 2. The second-order valence-electron chi connectivity index (χ2n) is 6.66. The van der Waals surface area contributed by atoms with E-state index in [-0.39, 0.29) is 0 Å². The predicted molar refractivity (Wildman–Crippen MR) is 121 cm³/mol. The summed E-state index contributed by atoms with van der Waals surface area (Å²) in [6.07, 6.45) is 0. The summed E-state index contributed by atoms with van der Waals surface area (Å²) >= 11 is -1.76. The van der Waals surface area contributed by atoms with Crippen molar-refractivity contribution in [3.63, 3.8) is 0 Å². The molecule has 142 valence electrons. The molecule has 0 aromatic heterocycles. The summed E-state index contributed by atoms with van der Waals surface area (Å²) in [5, 5.41) is 5.51. The van der Waals surface area contributed by atoms with Gasteiger partial charge < -0.3 is 0 Å². The van der Waals surface area contributed by atoms with Crippen molar-refractivity contribution in [1.82, 2.24) is 0 Å². The van der Waals surface area contributed by atoms with Gasteiger partial charge in [-0.2, -0.15) is 11.1 Å². The van der Waals surface area contributed by atoms with Crippen LogP contribution in [0.5, 0.6) is 0 Å². The van der Waals surface area contributed by atoms with Gasteiger partial charge in [-0.3, -0.25) is 0 Å². The molecular weight excluding hydrogens is 450 g/mol. The van der Waals surface area contributed by atoms with Crippen molar-refractivity contribution in [2.45, 2.75) is 34.6 Å². The van der Waals surface area contributed by atoms with E-state index in [1.807, 2.05) is 10.6 Å². The van der Waals surface area contributed by atoms with Crippen molar-refractivity contribution in [2.75, 3.05) is 0 Å². The summed E-state index contributed by atoms with van der Waals surface area (Å²) in [7, 11) is 10.7. The van der Waals surface area contributed by atoms with E-state index in [1.54, 1.807) is 0 Å². The van der Waals surface area contributed by atoms with Gasteiger partial charge in [-0.1, -0.05) is 39.8 Å². The molecule has 0 fully saturated rings. The zero-order chi connectivity index (χ0) is 20.0. The summed E-state index contributed by atoms with van der Waals surface area (Å²) in [6, 6.07) is 21.5. The van der Waals surface area contributed by atoms with E-state index in [0.717, 1.165) is 0 Å². The van der Waals surface area contributed by atoms with Crippen LogP contribution in [0.3, 0.4) is 0 Å². The van der Waals surface area contributed by atoms with E-state index < -0.39 is 18.9 Å². The van der Waals surface area contributed by atoms with Gasteiger partial charge in [-0.15, -0.1) is 81.2 Å². The number of hydrogen-bond donors (Lipinski definition) is 0. The summed E-state index contributed by atoms with van der Waals surface area (Å²) in [5.74, 6) is 0. The molecule has 0 aliphatic heterocycles. The van der Waals surface area contributed by atoms with Crippen molar-refractivity contribution in [1.29, 1.82) is 0 Å². The molecule has 0 aliphatic rings. The van der Waals surface area contributed by atoms with Gasteiger partial charge in [0.05, 0.1) is 0 Å². The zero-order valence-electron chi connectivity index (χ0n) is 16.6. The third-order valence-corrected chi connectivity index (χ3v) is 8.53. The van der Waals surface area contributed by atoms with Gasteiger partial charge >= 0.3 is 46.5 Å². The van der Waals surface area contributed by atoms with Crippen LogP contribution in [-0.4, -0.2) is 3.71 Å². The van der Waals surface area contributed by atoms with E-state index in [0.29, 0.717) is 0 Å². The third-order valence-electron chi connectivity index (χ3n) is 4.87. The first-order valence-corrected chi connectivity index (χ1v) is 16.8. The third kappa shape index (κ3) is 5.98. The maximum Gasteiger partial charge on any atom is -0.0576 e. The van der Waals surface area contributed by atoms with Gasteiger partial charge in [0.25, 0.3) is 0 Å². The molecule has 4 aromatic rings. The van der Waals surface area contributed by atoms with Crippen LogP contribution in [0, 0.1) is 27.7 Å². The fourth-order valence-electron chi connectivity index (χ4n) is 3.04. The fourth-order valence-corrected chi connectivity index (χ4v) is 3.04. The van der Waals surface area contributed by atoms with Gasteiger partial charge in [0.1, 0.15) is 0 Å². The Kier molecular flexibility index (Phi) is 8.68. The van der Waals surface area contributed by atoms with Gasteiger partial charge in [-0.05, 0) is 0 Å². The molecule has 0 bridgehead atoms. The molecule has 0 nitrogen and oxygen atoms in total. The number of halogens is 2. The topological polar surface area (TPSA) is 0 Å². The van der Waals surface area contributed by atoms with Gasteiger partial charge in [0, 0.05) is 0 Å². The maximum atomic E-state index is 5.37. The van der Waals surface area contributed by atoms with E-state index >= 15 is 0 Å². The molecule has 0 amide bonds. The van der Waals surface area contributed by atoms with Crippen LogP contribution < -0.4 is 0 Å². The Labute approximate surface area is 177 Å². The van der Waals surface area contributed by atoms with Crippen LogP contribution in [0.25, 0.3) is 21.5 Å². The number of rotatable bonds is 0. The van der Waals surface area contributed by atoms with Crippen LogP contribution in [0.2, 0.25) is 0 Å². The number of aryl methyl sites for hydroxylation is 4. The van der Waals surface area contributed by atoms with Gasteiger partial charge in [-0.25, -0.2) is 0 Å². The smallest absolute Gasteiger partial charge is 0.0576 e. The molecule has 27 heavy (non-hydrogen) atoms. The molecule has 0 spiro atoms. The van der Waals surface area contributed by atoms with Crippen molar-refractivity contribution in [3.8, 4) is 0 Å². The minimum absolute atomic E-state index is 1.36. The maximum absolute atomic E-state index is 5.37. The SMILES string of the molecule is C[CH]=[Zr]([Cl])[Cl].Cc1[cH-]c2ccccc2c1C.Cc1[cH-]c2ccccc2c1C. The van der Waals surface area contributed by atoms with Crippen LogP contribution in [0.15, 0.2) is 60.7 Å². The summed E-state index contributed by atoms with van der Waals surface area (Å²) in [5.41, 5.74) is 5.62. The van der Waals surface area contributed by atoms with E-state index in [1.165, 1.54) is 43.8 Å². The van der Waals surface area contributed by atoms with E-state index in [9.17, 15) is 0 Å². The summed E-state index contributed by atoms with van der Waals surface area (Å²) in [4.78, 5) is 0. The van der Waals surface area contributed by atoms with Crippen molar-refractivity contribution >= 4 is 42.3 Å². The zero-order valence-corrected chi connectivity index (χ0v) is 20.6. The van der Waals surface area contributed by atoms with Gasteiger partial charge in [0.15, 0.2) is 0 Å². The second kappa shape index (κ2) is 10.5. The standard InChI is InChI=1S/2C11H11.C2H4.2ClH.Zr/c2*1-8-7-10-5-3-4-6-11(10)9(8)2;1-2;;;/h2*3-7H,1-2H3;1H,2H3;2*1H;/q2*-1;;;;+2/p-2. The first-order valence-electron chi connectivity index (χ1n) is 9.05. The van der Waals surface area contributed by atoms with Crippen LogP contribution in [-0.2, 0) is 18.9 Å². The van der Waals surface area contributed by atoms with Crippen LogP contribution in [0.1, 0.15) is 29.2 Å². The molecule has 4 aromatic carbocycles. The molecule has 0 heterocycles. The Morgan fingerprint density at radius 3 is 1.33 bits per heavy atom. The Hall–Kier alpha value is -1.01. The molecule has 0 N–H and O–H groups in total. The summed E-state index contributed by atoms with van der Waals surface area (Å²) < 4.78 is 1.89. The fraction of sp³-hybridized carbons (Fsp3) is 0.208. The average Bonchev–Trinajstić information content (AvgIpc) is 3.12. The molecule has 0 aliphatic carbocycles. The first-order chi connectivity index (χ1) is 12.8. The monoisotopic (exact) mass is 474 g/mol. The Morgan fingerprint density at radius 1 is 0.704 bits per heavy atom. The van der Waals surface area contributed by atoms with E-state index in [4.69, 9.17) is 17.0 Å². The molecule has 4 rings (SSSR count). The molecule has 0 saturated heterocycles. The minimum atomic E-state index is -1.76. The largest absolute Gasteiger partial charge is 0.154 e. The summed E-state index contributed by atoms with van der Waals surface area (Å²) in [6.45, 7) is 10.6. The second-order valence-corrected chi connectivity index (χ2v) is 15.5. The van der Waals surface area contributed by atoms with Gasteiger partial charge in [0.2, 0.25) is 0 Å². The molecule has 0 unspecified atom stereocenters. The molecule has 3 heteroatoms. The molecular formula is C24H26Cl2Zr-2. The van der Waals surface area contributed by atoms with Crippen molar-refractivity contribution in [3.05, 3.63) is 82.9 Å². The predicted octanol–water partition coefficient (Wildman–Crippen LogP) is 8.09. The number of hydrogen-bond acceptors (Lipinski definition) is 0. The Morgan fingerprint density at radius 2 is 1.04 bits per heavy atom. The minimum Gasteiger partial charge on any atom is -0.154 e. The average molecular weight is 477 g/mol. The quantitative estimate of drug-likeness (QED) is 0.225. The van der Waals surface area contributed by atoms with Crippen LogP contribution in [0.4, 0.5) is 0 Å². The van der Waals surface area contributed by atoms with Crippen LogP contribution >= 0.6 is 17.0 Å². The Balaban J connectivity index is 0.000000157. The molecule has 0 radical (unpaired) electrons. The van der Waals surface area contributed by atoms with Crippen molar-refractivity contribution in [2.24, 2.45) is 0 Å². The normalized spacial score (nSPS) is 10.0. The molecule has 0 atom stereocenters. The Bertz CT molecular complexity index is 969. The van der Waals surface area contributed by atoms with Crippen molar-refractivity contribution < 1.29 is 18.9 Å². The molecule has 0 saturated carbocycles. The van der Waals surface area contributed by atoms with E-state index in [2.05, 4.69) is 88.4 Å². The number of benzene rings is 2.